The van der Waals surface area contributed by atoms with Gasteiger partial charge in [0.1, 0.15) is 5.82 Å². The van der Waals surface area contributed by atoms with Crippen LogP contribution in [-0.2, 0) is 0 Å². The van der Waals surface area contributed by atoms with Gasteiger partial charge >= 0.3 is 0 Å². The molecule has 0 amide bonds. The summed E-state index contributed by atoms with van der Waals surface area (Å²) in [5.74, 6) is 2.56. The molecule has 3 unspecified atom stereocenters. The number of nitrogens with zero attached hydrogens (tertiary/aromatic N) is 6. The van der Waals surface area contributed by atoms with Crippen molar-refractivity contribution in [1.82, 2.24) is 30.0 Å². The van der Waals surface area contributed by atoms with Crippen molar-refractivity contribution < 1.29 is 4.74 Å². The Hall–Kier alpha value is -4.23. The van der Waals surface area contributed by atoms with Gasteiger partial charge in [-0.3, -0.25) is 10.00 Å². The maximum absolute atomic E-state index is 9.10. The minimum Gasteiger partial charge on any atom is -0.481 e. The van der Waals surface area contributed by atoms with E-state index in [1.54, 1.807) is 13.3 Å². The number of methoxy groups -OCH3 is 1. The van der Waals surface area contributed by atoms with Gasteiger partial charge in [-0.15, -0.1) is 0 Å². The number of likely N-dealkylation sites (tertiary alicyclic amines) is 1. The standard InChI is InChI=1S/C29H35N9O/c1-5-23-16-22(14-19(3)38(23)12-6-11-30)32-29-33-25-15-20(21-8-10-27(39-4)31-17-21)7-9-24(25)28(35-29)34-26-13-18(2)36-37-26/h7-10,13,15,17,19,22-23H,5-6,12,14,16H2,1-4H3,(H3,32,33,34,35,36,37). The first-order valence-electron chi connectivity index (χ1n) is 13.5. The molecule has 1 fully saturated rings. The molecule has 39 heavy (non-hydrogen) atoms. The van der Waals surface area contributed by atoms with Crippen molar-refractivity contribution in [2.45, 2.75) is 64.6 Å². The first-order valence-corrected chi connectivity index (χ1v) is 13.5. The van der Waals surface area contributed by atoms with Crippen LogP contribution in [0.25, 0.3) is 22.0 Å². The topological polar surface area (TPSA) is 128 Å². The normalized spacial score (nSPS) is 19.5. The molecule has 1 aliphatic rings. The van der Waals surface area contributed by atoms with Crippen LogP contribution in [0.2, 0.25) is 0 Å². The summed E-state index contributed by atoms with van der Waals surface area (Å²) >= 11 is 0. The van der Waals surface area contributed by atoms with Gasteiger partial charge in [-0.1, -0.05) is 13.0 Å². The summed E-state index contributed by atoms with van der Waals surface area (Å²) in [5, 5.41) is 24.3. The number of rotatable bonds is 9. The van der Waals surface area contributed by atoms with E-state index in [4.69, 9.17) is 20.0 Å². The van der Waals surface area contributed by atoms with Gasteiger partial charge in [0.25, 0.3) is 0 Å². The molecular formula is C29H35N9O. The van der Waals surface area contributed by atoms with Crippen molar-refractivity contribution in [3.63, 3.8) is 0 Å². The quantitative estimate of drug-likeness (QED) is 0.262. The lowest BCUT2D eigenvalue weighted by Crippen LogP contribution is -2.51. The number of hydrogen-bond acceptors (Lipinski definition) is 9. The number of fused-ring (bicyclic) bond motifs is 1. The highest BCUT2D eigenvalue weighted by Crippen LogP contribution is 2.31. The number of hydrogen-bond donors (Lipinski definition) is 3. The summed E-state index contributed by atoms with van der Waals surface area (Å²) in [7, 11) is 1.61. The number of nitriles is 1. The van der Waals surface area contributed by atoms with Crippen LogP contribution < -0.4 is 15.4 Å². The van der Waals surface area contributed by atoms with E-state index in [9.17, 15) is 0 Å². The molecule has 1 aromatic carbocycles. The fourth-order valence-corrected chi connectivity index (χ4v) is 5.49. The van der Waals surface area contributed by atoms with Crippen LogP contribution in [0.4, 0.5) is 17.6 Å². The van der Waals surface area contributed by atoms with Crippen molar-refractivity contribution >= 4 is 28.5 Å². The third kappa shape index (κ3) is 5.94. The fraction of sp³-hybridized carbons (Fsp3) is 0.414. The molecule has 3 N–H and O–H groups in total. The Labute approximate surface area is 228 Å². The molecule has 4 aromatic rings. The summed E-state index contributed by atoms with van der Waals surface area (Å²) in [6.45, 7) is 7.24. The van der Waals surface area contributed by atoms with Gasteiger partial charge in [0, 0.05) is 66.1 Å². The number of aromatic nitrogens is 5. The van der Waals surface area contributed by atoms with Crippen molar-refractivity contribution in [1.29, 1.82) is 5.26 Å². The smallest absolute Gasteiger partial charge is 0.225 e. The molecule has 1 aliphatic heterocycles. The minimum atomic E-state index is 0.232. The van der Waals surface area contributed by atoms with Gasteiger partial charge in [-0.2, -0.15) is 15.3 Å². The molecule has 0 bridgehead atoms. The van der Waals surface area contributed by atoms with Gasteiger partial charge in [0.05, 0.1) is 18.7 Å². The second kappa shape index (κ2) is 11.7. The van der Waals surface area contributed by atoms with Crippen LogP contribution in [0.3, 0.4) is 0 Å². The van der Waals surface area contributed by atoms with Crippen molar-refractivity contribution in [3.8, 4) is 23.1 Å². The molecule has 4 heterocycles. The summed E-state index contributed by atoms with van der Waals surface area (Å²) in [6.07, 6.45) is 5.34. The van der Waals surface area contributed by atoms with Gasteiger partial charge in [0.2, 0.25) is 11.8 Å². The van der Waals surface area contributed by atoms with E-state index < -0.39 is 0 Å². The maximum Gasteiger partial charge on any atom is 0.225 e. The number of aryl methyl sites for hydroxylation is 1. The van der Waals surface area contributed by atoms with E-state index in [1.165, 1.54) is 0 Å². The first-order chi connectivity index (χ1) is 19.0. The molecule has 0 radical (unpaired) electrons. The molecular weight excluding hydrogens is 490 g/mol. The van der Waals surface area contributed by atoms with Gasteiger partial charge in [-0.25, -0.2) is 9.97 Å². The van der Waals surface area contributed by atoms with Crippen molar-refractivity contribution in [2.24, 2.45) is 0 Å². The average Bonchev–Trinajstić information content (AvgIpc) is 3.36. The molecule has 0 saturated carbocycles. The number of ether oxygens (including phenoxy) is 1. The Morgan fingerprint density at radius 3 is 2.69 bits per heavy atom. The van der Waals surface area contributed by atoms with Crippen molar-refractivity contribution in [3.05, 3.63) is 48.3 Å². The molecule has 5 rings (SSSR count). The largest absolute Gasteiger partial charge is 0.481 e. The van der Waals surface area contributed by atoms with Crippen LogP contribution in [0.5, 0.6) is 5.88 Å². The lowest BCUT2D eigenvalue weighted by Gasteiger charge is -2.43. The monoisotopic (exact) mass is 525 g/mol. The Morgan fingerprint density at radius 1 is 1.15 bits per heavy atom. The Balaban J connectivity index is 1.47. The highest BCUT2D eigenvalue weighted by Gasteiger charge is 2.32. The molecule has 10 nitrogen and oxygen atoms in total. The van der Waals surface area contributed by atoms with Crippen LogP contribution in [0.15, 0.2) is 42.6 Å². The zero-order valence-electron chi connectivity index (χ0n) is 22.9. The molecule has 0 aliphatic carbocycles. The van der Waals surface area contributed by atoms with E-state index in [2.05, 4.69) is 56.7 Å². The van der Waals surface area contributed by atoms with Crippen LogP contribution in [0, 0.1) is 18.3 Å². The number of pyridine rings is 1. The molecule has 0 spiro atoms. The van der Waals surface area contributed by atoms with Gasteiger partial charge in [0.15, 0.2) is 5.82 Å². The lowest BCUT2D eigenvalue weighted by molar-refractivity contribution is 0.0858. The van der Waals surface area contributed by atoms with E-state index in [1.807, 2.05) is 37.3 Å². The summed E-state index contributed by atoms with van der Waals surface area (Å²) < 4.78 is 5.21. The molecule has 202 valence electrons. The van der Waals surface area contributed by atoms with E-state index in [0.717, 1.165) is 53.5 Å². The number of piperidine rings is 1. The van der Waals surface area contributed by atoms with E-state index in [-0.39, 0.29) is 6.04 Å². The van der Waals surface area contributed by atoms with Crippen LogP contribution >= 0.6 is 0 Å². The maximum atomic E-state index is 9.10. The number of benzene rings is 1. The highest BCUT2D eigenvalue weighted by molar-refractivity contribution is 5.94. The van der Waals surface area contributed by atoms with Crippen LogP contribution in [0.1, 0.15) is 45.2 Å². The van der Waals surface area contributed by atoms with Crippen LogP contribution in [-0.4, -0.2) is 61.8 Å². The lowest BCUT2D eigenvalue weighted by atomic mass is 9.90. The fourth-order valence-electron chi connectivity index (χ4n) is 5.49. The Kier molecular flexibility index (Phi) is 7.89. The molecule has 10 heteroatoms. The Bertz CT molecular complexity index is 1460. The average molecular weight is 526 g/mol. The minimum absolute atomic E-state index is 0.232. The zero-order chi connectivity index (χ0) is 27.4. The summed E-state index contributed by atoms with van der Waals surface area (Å²) in [6, 6.07) is 15.3. The summed E-state index contributed by atoms with van der Waals surface area (Å²) in [4.78, 5) is 16.7. The Morgan fingerprint density at radius 2 is 2.00 bits per heavy atom. The first kappa shape index (κ1) is 26.4. The number of anilines is 3. The predicted molar refractivity (Wildman–Crippen MR) is 153 cm³/mol. The second-order valence-corrected chi connectivity index (χ2v) is 10.1. The highest BCUT2D eigenvalue weighted by atomic mass is 16.5. The molecule has 3 atom stereocenters. The van der Waals surface area contributed by atoms with E-state index >= 15 is 0 Å². The molecule has 3 aromatic heterocycles. The number of H-pyrrole nitrogens is 1. The van der Waals surface area contributed by atoms with E-state index in [0.29, 0.717) is 42.0 Å². The number of nitrogens with one attached hydrogen (secondary N) is 3. The van der Waals surface area contributed by atoms with Gasteiger partial charge in [-0.05, 0) is 56.9 Å². The predicted octanol–water partition coefficient (Wildman–Crippen LogP) is 5.43. The SMILES string of the molecule is CCC1CC(Nc2nc(Nc3cc(C)[nH]n3)c3ccc(-c4ccc(OC)nc4)cc3n2)CC(C)N1CCC#N. The number of aromatic amines is 1. The van der Waals surface area contributed by atoms with Crippen molar-refractivity contribution in [2.75, 3.05) is 24.3 Å². The zero-order valence-corrected chi connectivity index (χ0v) is 22.9. The second-order valence-electron chi connectivity index (χ2n) is 10.1. The third-order valence-electron chi connectivity index (χ3n) is 7.43. The third-order valence-corrected chi connectivity index (χ3v) is 7.43. The molecule has 1 saturated heterocycles. The summed E-state index contributed by atoms with van der Waals surface area (Å²) in [5.41, 5.74) is 3.77. The van der Waals surface area contributed by atoms with Gasteiger partial charge < -0.3 is 15.4 Å².